The van der Waals surface area contributed by atoms with Gasteiger partial charge in [0, 0.05) is 19.3 Å². The Morgan fingerprint density at radius 1 is 0.360 bits per heavy atom. The van der Waals surface area contributed by atoms with Gasteiger partial charge in [0.05, 0.1) is 0 Å². The van der Waals surface area contributed by atoms with Crippen LogP contribution in [0, 0.1) is 0 Å². The third kappa shape index (κ3) is 9.96. The van der Waals surface area contributed by atoms with Gasteiger partial charge in [-0.25, -0.2) is 28.1 Å². The van der Waals surface area contributed by atoms with E-state index in [0.29, 0.717) is 0 Å². The van der Waals surface area contributed by atoms with Crippen molar-refractivity contribution in [1.29, 1.82) is 0 Å². The molecule has 1 heterocycles. The Kier molecular flexibility index (Phi) is 16.2. The molecular weight excluding hydrogens is 955 g/mol. The third-order valence-corrected chi connectivity index (χ3v) is 14.5. The summed E-state index contributed by atoms with van der Waals surface area (Å²) in [5.41, 5.74) is -20.5. The minimum Gasteiger partial charge on any atom is -0.507 e. The van der Waals surface area contributed by atoms with E-state index in [-0.39, 0.29) is 99.9 Å². The topological polar surface area (TPSA) is 229 Å². The zero-order valence-corrected chi connectivity index (χ0v) is 48.2. The van der Waals surface area contributed by atoms with Crippen molar-refractivity contribution < 1.29 is 44.1 Å². The normalized spacial score (nSPS) is 15.3. The van der Waals surface area contributed by atoms with Crippen LogP contribution in [0.4, 0.5) is 0 Å². The highest BCUT2D eigenvalue weighted by molar-refractivity contribution is 6.06. The summed E-state index contributed by atoms with van der Waals surface area (Å²) in [6, 6.07) is 7.77. The van der Waals surface area contributed by atoms with E-state index < -0.39 is 103 Å². The SMILES string of the molecule is CCC(=O)C(C=O)(c1cc(C(C)(C)C)c(O)c(C(C)(C)C)c1)n1c(=O)n(C(C=O)(C(=O)CC)c2cc(C(C)(C)C)c(O)c(C(C)(C)C)c2)c(=O)n(C(C=O)(C(=O)CC)c2cc(C(C)(C)C)c(O)c(C(C)(C)C)c2)c1=O. The van der Waals surface area contributed by atoms with E-state index in [2.05, 4.69) is 0 Å². The van der Waals surface area contributed by atoms with E-state index in [0.717, 1.165) is 0 Å². The van der Waals surface area contributed by atoms with Crippen LogP contribution in [0.1, 0.15) is 215 Å². The Morgan fingerprint density at radius 2 is 0.507 bits per heavy atom. The average Bonchev–Trinajstić information content (AvgIpc) is 3.28. The smallest absolute Gasteiger partial charge is 0.339 e. The molecule has 0 fully saturated rings. The molecule has 0 amide bonds. The van der Waals surface area contributed by atoms with Crippen LogP contribution >= 0.6 is 0 Å². The number of ketones is 3. The predicted octanol–water partition coefficient (Wildman–Crippen LogP) is 8.84. The monoisotopic (exact) mass is 1040 g/mol. The van der Waals surface area contributed by atoms with E-state index in [1.165, 1.54) is 57.2 Å². The zero-order chi connectivity index (χ0) is 58.1. The molecule has 75 heavy (non-hydrogen) atoms. The number of phenolic OH excluding ortho intramolecular Hbond substituents is 3. The number of phenols is 3. The summed E-state index contributed by atoms with van der Waals surface area (Å²) >= 11 is 0. The summed E-state index contributed by atoms with van der Waals surface area (Å²) in [6.45, 7) is 35.5. The molecular formula is C60H81N3O12. The van der Waals surface area contributed by atoms with Crippen LogP contribution in [0.2, 0.25) is 0 Å². The van der Waals surface area contributed by atoms with Gasteiger partial charge < -0.3 is 15.3 Å². The lowest BCUT2D eigenvalue weighted by molar-refractivity contribution is -0.131. The van der Waals surface area contributed by atoms with Crippen LogP contribution in [-0.2, 0) is 77.9 Å². The third-order valence-electron chi connectivity index (χ3n) is 14.5. The number of aromatic hydroxyl groups is 3. The number of benzene rings is 3. The number of Topliss-reactive ketones (excluding diaryl/α,β-unsaturated/α-hetero) is 3. The van der Waals surface area contributed by atoms with Crippen molar-refractivity contribution >= 4 is 36.2 Å². The first-order chi connectivity index (χ1) is 34.0. The highest BCUT2D eigenvalue weighted by Gasteiger charge is 2.55. The second-order valence-corrected chi connectivity index (χ2v) is 26.1. The van der Waals surface area contributed by atoms with Crippen molar-refractivity contribution in [3.63, 3.8) is 0 Å². The fourth-order valence-corrected chi connectivity index (χ4v) is 10.1. The fraction of sp³-hybridized carbons (Fsp3) is 0.550. The Hall–Kier alpha value is -6.51. The van der Waals surface area contributed by atoms with E-state index in [1.54, 1.807) is 125 Å². The van der Waals surface area contributed by atoms with Gasteiger partial charge in [-0.1, -0.05) is 145 Å². The lowest BCUT2D eigenvalue weighted by atomic mass is 9.74. The maximum atomic E-state index is 16.4. The molecule has 0 radical (unpaired) electrons. The van der Waals surface area contributed by atoms with Crippen LogP contribution in [-0.4, -0.2) is 65.2 Å². The van der Waals surface area contributed by atoms with Crippen molar-refractivity contribution in [3.05, 3.63) is 118 Å². The summed E-state index contributed by atoms with van der Waals surface area (Å²) in [5.74, 6) is -3.98. The molecule has 0 spiro atoms. The van der Waals surface area contributed by atoms with Gasteiger partial charge in [0.2, 0.25) is 0 Å². The van der Waals surface area contributed by atoms with Crippen molar-refractivity contribution in [2.24, 2.45) is 0 Å². The molecule has 4 rings (SSSR count). The van der Waals surface area contributed by atoms with Crippen LogP contribution < -0.4 is 17.1 Å². The molecule has 15 nitrogen and oxygen atoms in total. The quantitative estimate of drug-likeness (QED) is 0.0749. The Balaban J connectivity index is 2.78. The molecule has 3 unspecified atom stereocenters. The van der Waals surface area contributed by atoms with Gasteiger partial charge in [-0.15, -0.1) is 0 Å². The van der Waals surface area contributed by atoms with Crippen molar-refractivity contribution in [2.45, 2.75) is 214 Å². The van der Waals surface area contributed by atoms with Crippen LogP contribution in [0.25, 0.3) is 0 Å². The minimum atomic E-state index is -3.13. The number of aldehydes is 3. The Bertz CT molecular complexity index is 2710. The number of rotatable bonds is 15. The largest absolute Gasteiger partial charge is 0.507 e. The molecule has 3 N–H and O–H groups in total. The van der Waals surface area contributed by atoms with E-state index in [4.69, 9.17) is 0 Å². The number of carbonyl (C=O) groups excluding carboxylic acids is 6. The first kappa shape index (κ1) is 61.0. The number of hydrogen-bond donors (Lipinski definition) is 3. The maximum absolute atomic E-state index is 16.4. The van der Waals surface area contributed by atoms with Gasteiger partial charge in [-0.2, -0.15) is 0 Å². The van der Waals surface area contributed by atoms with Gasteiger partial charge >= 0.3 is 17.1 Å². The molecule has 15 heteroatoms. The van der Waals surface area contributed by atoms with Gasteiger partial charge in [0.15, 0.2) is 52.8 Å². The molecule has 0 saturated carbocycles. The summed E-state index contributed by atoms with van der Waals surface area (Å²) in [5, 5.41) is 35.8. The van der Waals surface area contributed by atoms with E-state index in [1.807, 2.05) is 0 Å². The summed E-state index contributed by atoms with van der Waals surface area (Å²) in [6.07, 6.45) is -1.60. The lowest BCUT2D eigenvalue weighted by Gasteiger charge is -2.38. The zero-order valence-electron chi connectivity index (χ0n) is 48.2. The van der Waals surface area contributed by atoms with E-state index >= 15 is 28.8 Å². The fourth-order valence-electron chi connectivity index (χ4n) is 10.1. The highest BCUT2D eigenvalue weighted by atomic mass is 16.3. The molecule has 1 aromatic heterocycles. The van der Waals surface area contributed by atoms with Crippen molar-refractivity contribution in [3.8, 4) is 17.2 Å². The maximum Gasteiger partial charge on any atom is 0.339 e. The van der Waals surface area contributed by atoms with Gasteiger partial charge in [-0.05, 0) is 119 Å². The summed E-state index contributed by atoms with van der Waals surface area (Å²) in [7, 11) is 0. The lowest BCUT2D eigenvalue weighted by Crippen LogP contribution is -2.71. The number of nitrogens with zero attached hydrogens (tertiary/aromatic N) is 3. The van der Waals surface area contributed by atoms with Crippen LogP contribution in [0.15, 0.2) is 50.8 Å². The van der Waals surface area contributed by atoms with Crippen molar-refractivity contribution in [1.82, 2.24) is 13.7 Å². The molecule has 0 aliphatic rings. The molecule has 0 aliphatic heterocycles. The van der Waals surface area contributed by atoms with Crippen LogP contribution in [0.5, 0.6) is 17.2 Å². The number of hydrogen-bond acceptors (Lipinski definition) is 12. The molecule has 0 aliphatic carbocycles. The second-order valence-electron chi connectivity index (χ2n) is 26.1. The Morgan fingerprint density at radius 3 is 0.613 bits per heavy atom. The van der Waals surface area contributed by atoms with E-state index in [9.17, 15) is 29.7 Å². The van der Waals surface area contributed by atoms with Gasteiger partial charge in [0.1, 0.15) is 17.2 Å². The minimum absolute atomic E-state index is 0.0342. The van der Waals surface area contributed by atoms with Gasteiger partial charge in [-0.3, -0.25) is 28.8 Å². The molecule has 408 valence electrons. The standard InChI is InChI=1S/C60H81N3O12/c1-22-43(67)58(31-64,34-25-37(52(4,5)6)46(70)38(26-34)53(7,8)9)61-49(73)62(59(32-65,44(68)23-2)35-27-39(54(10,11)12)47(71)40(28-35)55(13,14)15)51(75)63(50(61)74)60(33-66,45(69)24-3)36-29-41(56(16,17)18)48(72)42(30-36)57(19,20)21/h25-33,70-72H,22-24H2,1-21H3. The Labute approximate surface area is 441 Å². The average molecular weight is 1040 g/mol. The second kappa shape index (κ2) is 19.9. The molecule has 0 bridgehead atoms. The summed E-state index contributed by atoms with van der Waals surface area (Å²) < 4.78 is 0.436. The van der Waals surface area contributed by atoms with Gasteiger partial charge in [0.25, 0.3) is 0 Å². The molecule has 0 saturated heterocycles. The first-order valence-electron chi connectivity index (χ1n) is 25.6. The summed E-state index contributed by atoms with van der Waals surface area (Å²) in [4.78, 5) is 139. The molecule has 3 atom stereocenters. The predicted molar refractivity (Wildman–Crippen MR) is 291 cm³/mol. The van der Waals surface area contributed by atoms with Crippen LogP contribution in [0.3, 0.4) is 0 Å². The highest BCUT2D eigenvalue weighted by Crippen LogP contribution is 2.46. The number of aromatic nitrogens is 3. The molecule has 3 aromatic carbocycles. The number of carbonyl (C=O) groups is 6. The molecule has 4 aromatic rings. The first-order valence-corrected chi connectivity index (χ1v) is 25.6. The van der Waals surface area contributed by atoms with Crippen molar-refractivity contribution in [2.75, 3.05) is 0 Å².